The van der Waals surface area contributed by atoms with Crippen LogP contribution < -0.4 is 15.5 Å². The molecule has 2 N–H and O–H groups in total. The van der Waals surface area contributed by atoms with Crippen LogP contribution in [0.1, 0.15) is 58.3 Å². The third-order valence-corrected chi connectivity index (χ3v) is 6.78. The molecule has 2 unspecified atom stereocenters. The van der Waals surface area contributed by atoms with Gasteiger partial charge in [0.25, 0.3) is 0 Å². The van der Waals surface area contributed by atoms with Gasteiger partial charge in [-0.05, 0) is 50.8 Å². The molecule has 3 aliphatic rings. The van der Waals surface area contributed by atoms with Crippen molar-refractivity contribution in [2.75, 3.05) is 29.9 Å². The minimum Gasteiger partial charge on any atom is -0.371 e. The molecule has 31 heavy (non-hydrogen) atoms. The molecule has 2 heterocycles. The summed E-state index contributed by atoms with van der Waals surface area (Å²) in [6.45, 7) is 4.46. The molecule has 3 fully saturated rings. The van der Waals surface area contributed by atoms with Crippen molar-refractivity contribution in [2.24, 2.45) is 5.92 Å². The molecule has 2 atom stereocenters. The molecule has 168 valence electrons. The molecule has 1 aromatic rings. The summed E-state index contributed by atoms with van der Waals surface area (Å²) in [5.41, 5.74) is 1.91. The number of rotatable bonds is 7. The lowest BCUT2D eigenvalue weighted by molar-refractivity contribution is -0.130. The maximum absolute atomic E-state index is 12.7. The van der Waals surface area contributed by atoms with Crippen molar-refractivity contribution < 1.29 is 14.4 Å². The van der Waals surface area contributed by atoms with Crippen LogP contribution in [0.15, 0.2) is 24.3 Å². The second-order valence-corrected chi connectivity index (χ2v) is 9.29. The lowest BCUT2D eigenvalue weighted by Gasteiger charge is -2.24. The van der Waals surface area contributed by atoms with Crippen molar-refractivity contribution in [3.8, 4) is 0 Å². The summed E-state index contributed by atoms with van der Waals surface area (Å²) in [7, 11) is 0. The van der Waals surface area contributed by atoms with E-state index in [9.17, 15) is 14.4 Å². The van der Waals surface area contributed by atoms with Crippen molar-refractivity contribution in [1.82, 2.24) is 10.2 Å². The molecule has 3 amide bonds. The molecule has 1 saturated carbocycles. The number of hydrogen-bond donors (Lipinski definition) is 2. The minimum absolute atomic E-state index is 0.0929. The Balaban J connectivity index is 1.24. The highest BCUT2D eigenvalue weighted by atomic mass is 16.2. The van der Waals surface area contributed by atoms with E-state index in [4.69, 9.17) is 0 Å². The van der Waals surface area contributed by atoms with Crippen LogP contribution in [0.2, 0.25) is 0 Å². The molecule has 1 aliphatic carbocycles. The summed E-state index contributed by atoms with van der Waals surface area (Å²) in [4.78, 5) is 41.7. The van der Waals surface area contributed by atoms with Gasteiger partial charge in [0.1, 0.15) is 0 Å². The van der Waals surface area contributed by atoms with Gasteiger partial charge in [-0.3, -0.25) is 14.4 Å². The summed E-state index contributed by atoms with van der Waals surface area (Å²) in [5, 5.41) is 5.89. The van der Waals surface area contributed by atoms with E-state index in [-0.39, 0.29) is 42.5 Å². The van der Waals surface area contributed by atoms with Crippen LogP contribution >= 0.6 is 0 Å². The van der Waals surface area contributed by atoms with E-state index in [2.05, 4.69) is 21.6 Å². The van der Waals surface area contributed by atoms with E-state index in [1.807, 2.05) is 30.0 Å². The van der Waals surface area contributed by atoms with E-state index in [0.29, 0.717) is 12.6 Å². The van der Waals surface area contributed by atoms with Gasteiger partial charge in [-0.2, -0.15) is 0 Å². The van der Waals surface area contributed by atoms with Crippen LogP contribution in [0, 0.1) is 5.92 Å². The average molecular weight is 427 g/mol. The summed E-state index contributed by atoms with van der Waals surface area (Å²) in [5.74, 6) is -0.460. The molecule has 7 heteroatoms. The first kappa shape index (κ1) is 21.7. The second kappa shape index (κ2) is 9.71. The molecule has 2 aliphatic heterocycles. The molecule has 7 nitrogen and oxygen atoms in total. The number of benzene rings is 1. The summed E-state index contributed by atoms with van der Waals surface area (Å²) in [6.07, 6.45) is 7.33. The Labute approximate surface area is 184 Å². The Bertz CT molecular complexity index is 815. The number of anilines is 2. The van der Waals surface area contributed by atoms with Crippen molar-refractivity contribution in [3.63, 3.8) is 0 Å². The van der Waals surface area contributed by atoms with E-state index in [0.717, 1.165) is 37.3 Å². The molecule has 2 saturated heterocycles. The Morgan fingerprint density at radius 1 is 1.13 bits per heavy atom. The molecular weight excluding hydrogens is 392 g/mol. The fourth-order valence-electron chi connectivity index (χ4n) is 5.13. The predicted molar refractivity (Wildman–Crippen MR) is 121 cm³/mol. The highest BCUT2D eigenvalue weighted by Crippen LogP contribution is 2.29. The summed E-state index contributed by atoms with van der Waals surface area (Å²) >= 11 is 0. The molecular formula is C24H34N4O3. The Kier molecular flexibility index (Phi) is 6.78. The number of amides is 3. The van der Waals surface area contributed by atoms with E-state index in [1.165, 1.54) is 25.7 Å². The predicted octanol–water partition coefficient (Wildman–Crippen LogP) is 2.91. The largest absolute Gasteiger partial charge is 0.371 e. The van der Waals surface area contributed by atoms with Crippen LogP contribution in [0.25, 0.3) is 0 Å². The van der Waals surface area contributed by atoms with Crippen LogP contribution in [-0.4, -0.2) is 54.3 Å². The fourth-order valence-corrected chi connectivity index (χ4v) is 5.13. The first-order valence-corrected chi connectivity index (χ1v) is 11.7. The summed E-state index contributed by atoms with van der Waals surface area (Å²) < 4.78 is 0. The quantitative estimate of drug-likeness (QED) is 0.702. The van der Waals surface area contributed by atoms with Crippen LogP contribution in [0.5, 0.6) is 0 Å². The molecule has 0 spiro atoms. The maximum atomic E-state index is 12.7. The van der Waals surface area contributed by atoms with Gasteiger partial charge in [0, 0.05) is 55.9 Å². The zero-order valence-corrected chi connectivity index (χ0v) is 18.4. The molecule has 1 aromatic carbocycles. The highest BCUT2D eigenvalue weighted by Gasteiger charge is 2.38. The third kappa shape index (κ3) is 5.38. The second-order valence-electron chi connectivity index (χ2n) is 9.29. The van der Waals surface area contributed by atoms with E-state index < -0.39 is 0 Å². The molecule has 0 radical (unpaired) electrons. The first-order chi connectivity index (χ1) is 15.0. The zero-order chi connectivity index (χ0) is 21.8. The van der Waals surface area contributed by atoms with Gasteiger partial charge < -0.3 is 20.4 Å². The average Bonchev–Trinajstić information content (AvgIpc) is 3.49. The normalized spacial score (nSPS) is 22.7. The van der Waals surface area contributed by atoms with Gasteiger partial charge in [-0.15, -0.1) is 0 Å². The molecule has 4 rings (SSSR count). The van der Waals surface area contributed by atoms with Crippen molar-refractivity contribution in [2.45, 2.75) is 70.4 Å². The Morgan fingerprint density at radius 3 is 2.61 bits per heavy atom. The van der Waals surface area contributed by atoms with Gasteiger partial charge in [0.15, 0.2) is 0 Å². The first-order valence-electron chi connectivity index (χ1n) is 11.7. The third-order valence-electron chi connectivity index (χ3n) is 6.78. The van der Waals surface area contributed by atoms with Crippen molar-refractivity contribution >= 4 is 29.1 Å². The van der Waals surface area contributed by atoms with Crippen LogP contribution in [0.4, 0.5) is 11.4 Å². The minimum atomic E-state index is -0.309. The van der Waals surface area contributed by atoms with Gasteiger partial charge >= 0.3 is 0 Å². The van der Waals surface area contributed by atoms with Gasteiger partial charge in [0.05, 0.1) is 5.92 Å². The Hall–Kier alpha value is -2.57. The van der Waals surface area contributed by atoms with Crippen molar-refractivity contribution in [1.29, 1.82) is 0 Å². The number of nitrogens with zero attached hydrogens (tertiary/aromatic N) is 2. The number of carbonyl (C=O) groups is 3. The van der Waals surface area contributed by atoms with Crippen molar-refractivity contribution in [3.05, 3.63) is 24.3 Å². The lowest BCUT2D eigenvalue weighted by Crippen LogP contribution is -2.41. The van der Waals surface area contributed by atoms with E-state index >= 15 is 0 Å². The Morgan fingerprint density at radius 2 is 1.87 bits per heavy atom. The number of nitrogens with one attached hydrogen (secondary N) is 2. The van der Waals surface area contributed by atoms with Gasteiger partial charge in [-0.25, -0.2) is 0 Å². The van der Waals surface area contributed by atoms with Crippen LogP contribution in [-0.2, 0) is 14.4 Å². The molecule has 0 bridgehead atoms. The number of likely N-dealkylation sites (tertiary alicyclic amines) is 1. The summed E-state index contributed by atoms with van der Waals surface area (Å²) in [6, 6.07) is 7.95. The highest BCUT2D eigenvalue weighted by molar-refractivity contribution is 5.93. The van der Waals surface area contributed by atoms with Gasteiger partial charge in [-0.1, -0.05) is 18.9 Å². The smallest absolute Gasteiger partial charge is 0.226 e. The standard InChI is InChI=1S/C24H34N4O3/c1-17(25-24(31)18-14-23(30)28(16-18)20-8-2-3-9-20)13-22(29)26-19-7-6-10-21(15-19)27-11-4-5-12-27/h6-7,10,15,17-18,20H,2-5,8-9,11-14,16H2,1H3,(H,25,31)(H,26,29). The monoisotopic (exact) mass is 426 g/mol. The van der Waals surface area contributed by atoms with Crippen LogP contribution in [0.3, 0.4) is 0 Å². The number of hydrogen-bond acceptors (Lipinski definition) is 4. The topological polar surface area (TPSA) is 81.8 Å². The number of carbonyl (C=O) groups excluding carboxylic acids is 3. The van der Waals surface area contributed by atoms with E-state index in [1.54, 1.807) is 0 Å². The maximum Gasteiger partial charge on any atom is 0.226 e. The van der Waals surface area contributed by atoms with Gasteiger partial charge in [0.2, 0.25) is 17.7 Å². The molecule has 0 aromatic heterocycles. The lowest BCUT2D eigenvalue weighted by atomic mass is 10.1. The zero-order valence-electron chi connectivity index (χ0n) is 18.4. The fraction of sp³-hybridized carbons (Fsp3) is 0.625. The SMILES string of the molecule is CC(CC(=O)Nc1cccc(N2CCCC2)c1)NC(=O)C1CC(=O)N(C2CCCC2)C1.